The van der Waals surface area contributed by atoms with Crippen molar-refractivity contribution >= 4 is 11.6 Å². The molecule has 0 fully saturated rings. The Kier molecular flexibility index (Phi) is 1.92. The Morgan fingerprint density at radius 3 is 2.41 bits per heavy atom. The second kappa shape index (κ2) is 3.31. The van der Waals surface area contributed by atoms with Gasteiger partial charge in [0.15, 0.2) is 11.6 Å². The number of hydrogen-bond acceptors (Lipinski definition) is 3. The van der Waals surface area contributed by atoms with Crippen LogP contribution in [-0.4, -0.2) is 23.7 Å². The Labute approximate surface area is 97.2 Å². The standard InChI is InChI=1S/C13H9NO3/c1-17-10-4-2-3-7-11(10)13(16)9-6-14-5-8(9)12(7)15/h2-6,14H,1H3. The van der Waals surface area contributed by atoms with Crippen LogP contribution in [0.2, 0.25) is 0 Å². The number of aromatic nitrogens is 1. The van der Waals surface area contributed by atoms with Crippen LogP contribution in [0.15, 0.2) is 30.6 Å². The summed E-state index contributed by atoms with van der Waals surface area (Å²) in [7, 11) is 1.49. The van der Waals surface area contributed by atoms with Crippen molar-refractivity contribution in [1.82, 2.24) is 4.98 Å². The fraction of sp³-hybridized carbons (Fsp3) is 0.0769. The molecule has 17 heavy (non-hydrogen) atoms. The van der Waals surface area contributed by atoms with E-state index in [2.05, 4.69) is 4.98 Å². The Morgan fingerprint density at radius 2 is 1.71 bits per heavy atom. The molecular formula is C13H9NO3. The Hall–Kier alpha value is -2.36. The number of ether oxygens (including phenoxy) is 1. The van der Waals surface area contributed by atoms with E-state index >= 15 is 0 Å². The minimum absolute atomic E-state index is 0.144. The van der Waals surface area contributed by atoms with E-state index in [0.29, 0.717) is 28.0 Å². The number of fused-ring (bicyclic) bond motifs is 2. The largest absolute Gasteiger partial charge is 0.496 e. The fourth-order valence-corrected chi connectivity index (χ4v) is 2.14. The SMILES string of the molecule is COc1cccc2c1C(=O)c1c[nH]cc1C2=O. The van der Waals surface area contributed by atoms with Crippen LogP contribution in [0.4, 0.5) is 0 Å². The van der Waals surface area contributed by atoms with Crippen molar-refractivity contribution in [3.8, 4) is 5.75 Å². The molecule has 0 spiro atoms. The second-order valence-electron chi connectivity index (χ2n) is 3.82. The van der Waals surface area contributed by atoms with Crippen LogP contribution >= 0.6 is 0 Å². The summed E-state index contributed by atoms with van der Waals surface area (Å²) >= 11 is 0. The zero-order valence-electron chi connectivity index (χ0n) is 9.11. The van der Waals surface area contributed by atoms with Crippen molar-refractivity contribution in [3.63, 3.8) is 0 Å². The summed E-state index contributed by atoms with van der Waals surface area (Å²) in [5, 5.41) is 0. The molecule has 0 atom stereocenters. The van der Waals surface area contributed by atoms with Gasteiger partial charge < -0.3 is 9.72 Å². The summed E-state index contributed by atoms with van der Waals surface area (Å²) in [5.74, 6) is 0.121. The van der Waals surface area contributed by atoms with Gasteiger partial charge in [0, 0.05) is 18.0 Å². The first-order valence-corrected chi connectivity index (χ1v) is 5.17. The molecule has 1 aromatic heterocycles. The van der Waals surface area contributed by atoms with Crippen LogP contribution in [-0.2, 0) is 0 Å². The van der Waals surface area contributed by atoms with Crippen molar-refractivity contribution < 1.29 is 14.3 Å². The molecule has 0 saturated heterocycles. The van der Waals surface area contributed by atoms with Crippen molar-refractivity contribution in [1.29, 1.82) is 0 Å². The number of benzene rings is 1. The number of rotatable bonds is 1. The highest BCUT2D eigenvalue weighted by molar-refractivity contribution is 6.29. The maximum atomic E-state index is 12.2. The fourth-order valence-electron chi connectivity index (χ4n) is 2.14. The third-order valence-corrected chi connectivity index (χ3v) is 2.95. The van der Waals surface area contributed by atoms with Crippen LogP contribution in [0, 0.1) is 0 Å². The average molecular weight is 227 g/mol. The van der Waals surface area contributed by atoms with Crippen molar-refractivity contribution in [2.75, 3.05) is 7.11 Å². The summed E-state index contributed by atoms with van der Waals surface area (Å²) < 4.78 is 5.14. The number of hydrogen-bond donors (Lipinski definition) is 1. The van der Waals surface area contributed by atoms with Crippen LogP contribution in [0.5, 0.6) is 5.75 Å². The molecule has 0 amide bonds. The van der Waals surface area contributed by atoms with Gasteiger partial charge in [-0.25, -0.2) is 0 Å². The van der Waals surface area contributed by atoms with Crippen LogP contribution in [0.1, 0.15) is 31.8 Å². The monoisotopic (exact) mass is 227 g/mol. The van der Waals surface area contributed by atoms with E-state index in [1.54, 1.807) is 30.6 Å². The van der Waals surface area contributed by atoms with Gasteiger partial charge in [-0.3, -0.25) is 9.59 Å². The molecule has 0 aliphatic heterocycles. The van der Waals surface area contributed by atoms with Gasteiger partial charge in [-0.05, 0) is 6.07 Å². The van der Waals surface area contributed by atoms with Crippen LogP contribution in [0.3, 0.4) is 0 Å². The number of nitrogens with one attached hydrogen (secondary N) is 1. The minimum atomic E-state index is -0.173. The molecule has 4 heteroatoms. The van der Waals surface area contributed by atoms with Gasteiger partial charge >= 0.3 is 0 Å². The quantitative estimate of drug-likeness (QED) is 0.689. The van der Waals surface area contributed by atoms with E-state index in [4.69, 9.17) is 4.74 Å². The number of H-pyrrole nitrogens is 1. The summed E-state index contributed by atoms with van der Waals surface area (Å²) in [6.07, 6.45) is 3.10. The number of aromatic amines is 1. The van der Waals surface area contributed by atoms with Gasteiger partial charge in [0.05, 0.1) is 23.8 Å². The smallest absolute Gasteiger partial charge is 0.199 e. The average Bonchev–Trinajstić information content (AvgIpc) is 2.84. The molecular weight excluding hydrogens is 218 g/mol. The topological polar surface area (TPSA) is 59.2 Å². The van der Waals surface area contributed by atoms with Gasteiger partial charge in [0.2, 0.25) is 0 Å². The lowest BCUT2D eigenvalue weighted by atomic mass is 9.86. The molecule has 0 bridgehead atoms. The third-order valence-electron chi connectivity index (χ3n) is 2.95. The lowest BCUT2D eigenvalue weighted by Crippen LogP contribution is -2.19. The van der Waals surface area contributed by atoms with E-state index in [0.717, 1.165) is 0 Å². The Balaban J connectivity index is 2.34. The molecule has 1 aromatic carbocycles. The second-order valence-corrected chi connectivity index (χ2v) is 3.82. The predicted molar refractivity (Wildman–Crippen MR) is 60.7 cm³/mol. The molecule has 84 valence electrons. The molecule has 0 radical (unpaired) electrons. The number of carbonyl (C=O) groups is 2. The number of ketones is 2. The molecule has 1 N–H and O–H groups in total. The van der Waals surface area contributed by atoms with E-state index in [9.17, 15) is 9.59 Å². The molecule has 1 aliphatic carbocycles. The molecule has 1 heterocycles. The first-order valence-electron chi connectivity index (χ1n) is 5.17. The number of carbonyl (C=O) groups excluding carboxylic acids is 2. The summed E-state index contributed by atoms with van der Waals surface area (Å²) in [6, 6.07) is 5.04. The highest BCUT2D eigenvalue weighted by Gasteiger charge is 2.32. The third kappa shape index (κ3) is 1.18. The molecule has 2 aromatic rings. The van der Waals surface area contributed by atoms with E-state index in [-0.39, 0.29) is 11.6 Å². The Bertz CT molecular complexity index is 640. The van der Waals surface area contributed by atoms with E-state index in [1.165, 1.54) is 7.11 Å². The molecule has 0 saturated carbocycles. The van der Waals surface area contributed by atoms with Crippen molar-refractivity contribution in [3.05, 3.63) is 52.8 Å². The van der Waals surface area contributed by atoms with Crippen molar-refractivity contribution in [2.45, 2.75) is 0 Å². The van der Waals surface area contributed by atoms with Gasteiger partial charge in [-0.1, -0.05) is 12.1 Å². The number of methoxy groups -OCH3 is 1. The highest BCUT2D eigenvalue weighted by Crippen LogP contribution is 2.32. The summed E-state index contributed by atoms with van der Waals surface area (Å²) in [4.78, 5) is 27.2. The van der Waals surface area contributed by atoms with Crippen LogP contribution < -0.4 is 4.74 Å². The maximum absolute atomic E-state index is 12.2. The van der Waals surface area contributed by atoms with Gasteiger partial charge in [-0.2, -0.15) is 0 Å². The zero-order chi connectivity index (χ0) is 12.0. The van der Waals surface area contributed by atoms with Crippen molar-refractivity contribution in [2.24, 2.45) is 0 Å². The predicted octanol–water partition coefficient (Wildman–Crippen LogP) is 1.80. The van der Waals surface area contributed by atoms with E-state index in [1.807, 2.05) is 0 Å². The molecule has 1 aliphatic rings. The summed E-state index contributed by atoms with van der Waals surface area (Å²) in [5.41, 5.74) is 1.59. The molecule has 4 nitrogen and oxygen atoms in total. The summed E-state index contributed by atoms with van der Waals surface area (Å²) in [6.45, 7) is 0. The lowest BCUT2D eigenvalue weighted by Gasteiger charge is -2.16. The first kappa shape index (κ1) is 9.84. The minimum Gasteiger partial charge on any atom is -0.496 e. The first-order chi connectivity index (χ1) is 8.24. The van der Waals surface area contributed by atoms with Crippen LogP contribution in [0.25, 0.3) is 0 Å². The zero-order valence-corrected chi connectivity index (χ0v) is 9.11. The highest BCUT2D eigenvalue weighted by atomic mass is 16.5. The van der Waals surface area contributed by atoms with Gasteiger partial charge in [0.1, 0.15) is 5.75 Å². The van der Waals surface area contributed by atoms with E-state index < -0.39 is 0 Å². The lowest BCUT2D eigenvalue weighted by molar-refractivity contribution is 0.0977. The Morgan fingerprint density at radius 1 is 1.00 bits per heavy atom. The van der Waals surface area contributed by atoms with Gasteiger partial charge in [-0.15, -0.1) is 0 Å². The maximum Gasteiger partial charge on any atom is 0.199 e. The van der Waals surface area contributed by atoms with Gasteiger partial charge in [0.25, 0.3) is 0 Å². The molecule has 3 rings (SSSR count). The molecule has 0 unspecified atom stereocenters. The normalized spacial score (nSPS) is 13.2.